The average molecular weight is 535 g/mol. The molecular weight excluding hydrogens is 480 g/mol. The molecule has 0 heteroatoms. The zero-order chi connectivity index (χ0) is 29.6. The maximum Gasteiger partial charge on any atom is -0.000709 e. The van der Waals surface area contributed by atoms with Gasteiger partial charge in [0.05, 0.1) is 0 Å². The average Bonchev–Trinajstić information content (AvgIpc) is 2.90. The van der Waals surface area contributed by atoms with Crippen LogP contribution in [0, 0.1) is 17.3 Å². The van der Waals surface area contributed by atoms with E-state index in [9.17, 15) is 0 Å². The van der Waals surface area contributed by atoms with E-state index >= 15 is 0 Å². The lowest BCUT2D eigenvalue weighted by Gasteiger charge is -2.36. The number of rotatable bonds is 9. The van der Waals surface area contributed by atoms with E-state index in [2.05, 4.69) is 130 Å². The fraction of sp³-hybridized carbons (Fsp3) is 0.450. The Labute approximate surface area is 246 Å². The van der Waals surface area contributed by atoms with E-state index in [-0.39, 0.29) is 0 Å². The molecule has 0 saturated heterocycles. The van der Waals surface area contributed by atoms with Crippen LogP contribution in [0.15, 0.2) is 113 Å². The Kier molecular flexibility index (Phi) is 10.8. The Bertz CT molecular complexity index is 1250. The summed E-state index contributed by atoms with van der Waals surface area (Å²) >= 11 is 0. The molecular formula is C40H54. The lowest BCUT2D eigenvalue weighted by Crippen LogP contribution is -2.24. The number of benzene rings is 1. The first-order chi connectivity index (χ1) is 18.8. The summed E-state index contributed by atoms with van der Waals surface area (Å²) in [7, 11) is 0. The van der Waals surface area contributed by atoms with Crippen molar-refractivity contribution in [3.8, 4) is 0 Å². The van der Waals surface area contributed by atoms with E-state index < -0.39 is 0 Å². The summed E-state index contributed by atoms with van der Waals surface area (Å²) in [5, 5.41) is 0. The second-order valence-electron chi connectivity index (χ2n) is 13.6. The topological polar surface area (TPSA) is 0 Å². The first kappa shape index (κ1) is 31.7. The van der Waals surface area contributed by atoms with E-state index in [1.54, 1.807) is 0 Å². The number of allylic oxidation sites excluding steroid dienone is 13. The van der Waals surface area contributed by atoms with Gasteiger partial charge in [0, 0.05) is 0 Å². The molecule has 3 atom stereocenters. The normalized spacial score (nSPS) is 21.9. The van der Waals surface area contributed by atoms with Gasteiger partial charge >= 0.3 is 0 Å². The first-order valence-electron chi connectivity index (χ1n) is 15.4. The van der Waals surface area contributed by atoms with Crippen molar-refractivity contribution in [2.75, 3.05) is 0 Å². The molecule has 1 fully saturated rings. The van der Waals surface area contributed by atoms with Crippen LogP contribution in [0.4, 0.5) is 0 Å². The van der Waals surface area contributed by atoms with Crippen LogP contribution in [0.1, 0.15) is 111 Å². The van der Waals surface area contributed by atoms with Gasteiger partial charge in [-0.1, -0.05) is 132 Å². The molecule has 0 spiro atoms. The van der Waals surface area contributed by atoms with Gasteiger partial charge in [-0.2, -0.15) is 0 Å². The standard InChI is InChI=1S/C40H54/c1-12-13-35(33-17-19-34(20-18-33)36-16-14-28(4)30(6)22-36)23-31(7)32(8)24-37(27(2)3)25-38-26-39(40(9,10)11)21-15-29(38)5/h14,16-20,22,24-25,30,35,39H,4-5,7,12-13,15,21,23,26H2,1-3,6,8-11H3/b32-24+,38-25-/t30?,35-,39?/m0/s1. The zero-order valence-corrected chi connectivity index (χ0v) is 26.8. The van der Waals surface area contributed by atoms with Crippen molar-refractivity contribution >= 4 is 5.57 Å². The highest BCUT2D eigenvalue weighted by atomic mass is 14.3. The van der Waals surface area contributed by atoms with Gasteiger partial charge in [0.15, 0.2) is 0 Å². The summed E-state index contributed by atoms with van der Waals surface area (Å²) < 4.78 is 0. The largest absolute Gasteiger partial charge is 0.0956 e. The Balaban J connectivity index is 1.78. The van der Waals surface area contributed by atoms with E-state index in [1.807, 2.05) is 0 Å². The molecule has 0 bridgehead atoms. The van der Waals surface area contributed by atoms with Crippen molar-refractivity contribution in [3.05, 3.63) is 125 Å². The predicted molar refractivity (Wildman–Crippen MR) is 179 cm³/mol. The summed E-state index contributed by atoms with van der Waals surface area (Å²) in [5.74, 6) is 1.57. The van der Waals surface area contributed by atoms with Crippen LogP contribution in [-0.4, -0.2) is 0 Å². The van der Waals surface area contributed by atoms with Crippen LogP contribution in [0.2, 0.25) is 0 Å². The summed E-state index contributed by atoms with van der Waals surface area (Å²) in [6, 6.07) is 9.24. The van der Waals surface area contributed by atoms with Gasteiger partial charge in [0.25, 0.3) is 0 Å². The molecule has 2 aliphatic carbocycles. The molecule has 1 aromatic rings. The minimum absolute atomic E-state index is 0.328. The second-order valence-corrected chi connectivity index (χ2v) is 13.6. The second kappa shape index (κ2) is 13.7. The van der Waals surface area contributed by atoms with Crippen molar-refractivity contribution < 1.29 is 0 Å². The third kappa shape index (κ3) is 8.33. The highest BCUT2D eigenvalue weighted by Gasteiger charge is 2.29. The monoisotopic (exact) mass is 534 g/mol. The summed E-state index contributed by atoms with van der Waals surface area (Å²) in [6.45, 7) is 31.5. The van der Waals surface area contributed by atoms with Crippen molar-refractivity contribution in [3.63, 3.8) is 0 Å². The van der Waals surface area contributed by atoms with Crippen molar-refractivity contribution in [1.82, 2.24) is 0 Å². The molecule has 2 unspecified atom stereocenters. The fourth-order valence-electron chi connectivity index (χ4n) is 5.89. The van der Waals surface area contributed by atoms with Crippen LogP contribution in [0.3, 0.4) is 0 Å². The highest BCUT2D eigenvalue weighted by Crippen LogP contribution is 2.42. The Morgan fingerprint density at radius 3 is 2.30 bits per heavy atom. The zero-order valence-electron chi connectivity index (χ0n) is 26.8. The molecule has 3 rings (SSSR count). The van der Waals surface area contributed by atoms with Crippen LogP contribution < -0.4 is 0 Å². The van der Waals surface area contributed by atoms with Gasteiger partial charge in [-0.25, -0.2) is 0 Å². The van der Waals surface area contributed by atoms with Gasteiger partial charge in [-0.3, -0.25) is 0 Å². The molecule has 0 amide bonds. The molecule has 0 radical (unpaired) electrons. The summed E-state index contributed by atoms with van der Waals surface area (Å²) in [6.07, 6.45) is 18.2. The van der Waals surface area contributed by atoms with Gasteiger partial charge in [0.2, 0.25) is 0 Å². The maximum atomic E-state index is 4.57. The van der Waals surface area contributed by atoms with Crippen molar-refractivity contribution in [2.45, 2.75) is 99.8 Å². The van der Waals surface area contributed by atoms with E-state index in [0.29, 0.717) is 23.2 Å². The van der Waals surface area contributed by atoms with E-state index in [0.717, 1.165) is 19.3 Å². The quantitative estimate of drug-likeness (QED) is 0.276. The van der Waals surface area contributed by atoms with Crippen LogP contribution in [0.25, 0.3) is 5.57 Å². The molecule has 214 valence electrons. The van der Waals surface area contributed by atoms with Gasteiger partial charge < -0.3 is 0 Å². The Hall–Kier alpha value is -2.86. The Morgan fingerprint density at radius 1 is 1.05 bits per heavy atom. The van der Waals surface area contributed by atoms with Crippen LogP contribution >= 0.6 is 0 Å². The maximum absolute atomic E-state index is 4.57. The lowest BCUT2D eigenvalue weighted by molar-refractivity contribution is 0.215. The smallest absolute Gasteiger partial charge is 0.000709 e. The third-order valence-electron chi connectivity index (χ3n) is 9.11. The molecule has 2 aliphatic rings. The molecule has 0 heterocycles. The minimum Gasteiger partial charge on any atom is -0.0956 e. The van der Waals surface area contributed by atoms with Crippen molar-refractivity contribution in [1.29, 1.82) is 0 Å². The number of hydrogen-bond acceptors (Lipinski definition) is 0. The minimum atomic E-state index is 0.328. The molecule has 0 N–H and O–H groups in total. The van der Waals surface area contributed by atoms with E-state index in [4.69, 9.17) is 0 Å². The van der Waals surface area contributed by atoms with Crippen LogP contribution in [0.5, 0.6) is 0 Å². The van der Waals surface area contributed by atoms with Gasteiger partial charge in [-0.05, 0) is 115 Å². The fourth-order valence-corrected chi connectivity index (χ4v) is 5.89. The van der Waals surface area contributed by atoms with E-state index in [1.165, 1.54) is 75.0 Å². The third-order valence-corrected chi connectivity index (χ3v) is 9.11. The molecule has 1 aromatic carbocycles. The van der Waals surface area contributed by atoms with Crippen molar-refractivity contribution in [2.24, 2.45) is 17.3 Å². The lowest BCUT2D eigenvalue weighted by atomic mass is 9.69. The van der Waals surface area contributed by atoms with Gasteiger partial charge in [-0.15, -0.1) is 0 Å². The molecule has 0 aromatic heterocycles. The van der Waals surface area contributed by atoms with Gasteiger partial charge in [0.1, 0.15) is 0 Å². The molecule has 0 nitrogen and oxygen atoms in total. The summed E-state index contributed by atoms with van der Waals surface area (Å²) in [5.41, 5.74) is 13.4. The first-order valence-corrected chi connectivity index (χ1v) is 15.4. The molecule has 1 saturated carbocycles. The summed E-state index contributed by atoms with van der Waals surface area (Å²) in [4.78, 5) is 0. The number of hydrogen-bond donors (Lipinski definition) is 0. The SMILES string of the molecule is C=C1CCC(C(C)(C)C)C/C1=C/C(/C=C(\C)C(=C)C[C@H](CCC)c1ccc(C2=CC(C)C(=C)C=C2)cc1)=C(C)C. The predicted octanol–water partition coefficient (Wildman–Crippen LogP) is 12.3. The highest BCUT2D eigenvalue weighted by molar-refractivity contribution is 5.76. The Morgan fingerprint density at radius 2 is 1.73 bits per heavy atom. The molecule has 40 heavy (non-hydrogen) atoms. The molecule has 0 aliphatic heterocycles. The van der Waals surface area contributed by atoms with Crippen LogP contribution in [-0.2, 0) is 0 Å².